The van der Waals surface area contributed by atoms with Gasteiger partial charge in [0.25, 0.3) is 0 Å². The molecule has 5 aromatic carbocycles. The maximum absolute atomic E-state index is 10.6. The minimum absolute atomic E-state index is 0.0128. The zero-order valence-corrected chi connectivity index (χ0v) is 22.6. The summed E-state index contributed by atoms with van der Waals surface area (Å²) in [4.78, 5) is 10.6. The zero-order valence-electron chi connectivity index (χ0n) is 22.6. The third-order valence-electron chi connectivity index (χ3n) is 6.68. The van der Waals surface area contributed by atoms with Crippen LogP contribution in [-0.2, 0) is 4.79 Å². The van der Waals surface area contributed by atoms with Gasteiger partial charge in [-0.15, -0.1) is 10.2 Å². The van der Waals surface area contributed by atoms with Crippen molar-refractivity contribution in [3.8, 4) is 17.2 Å². The van der Waals surface area contributed by atoms with E-state index < -0.39 is 0 Å². The summed E-state index contributed by atoms with van der Waals surface area (Å²) in [6.07, 6.45) is 0.692. The van der Waals surface area contributed by atoms with Gasteiger partial charge in [-0.25, -0.2) is 0 Å². The number of carbonyl (C=O) groups is 1. The van der Waals surface area contributed by atoms with Crippen molar-refractivity contribution in [2.75, 3.05) is 20.8 Å². The average molecular weight is 545 g/mol. The molecular weight excluding hydrogens is 516 g/mol. The first kappa shape index (κ1) is 27.2. The SMILES string of the molecule is COc1cc(C(c2ccccc2)c2ccc(N=Nc3c(O)ccc4ccccc34)c(OC)c2)ccc1N=NCC=O. The number of hydrogen-bond acceptors (Lipinski definition) is 8. The highest BCUT2D eigenvalue weighted by molar-refractivity contribution is 5.95. The van der Waals surface area contributed by atoms with Gasteiger partial charge < -0.3 is 19.4 Å². The van der Waals surface area contributed by atoms with E-state index >= 15 is 0 Å². The number of nitrogens with zero attached hydrogens (tertiary/aromatic N) is 4. The van der Waals surface area contributed by atoms with Crippen LogP contribution in [0.3, 0.4) is 0 Å². The molecule has 0 radical (unpaired) electrons. The van der Waals surface area contributed by atoms with Gasteiger partial charge in [-0.2, -0.15) is 10.2 Å². The molecule has 0 aliphatic heterocycles. The largest absolute Gasteiger partial charge is 0.506 e. The number of aromatic hydroxyl groups is 1. The van der Waals surface area contributed by atoms with E-state index in [1.165, 1.54) is 0 Å². The van der Waals surface area contributed by atoms with Gasteiger partial charge in [0, 0.05) is 11.3 Å². The fourth-order valence-corrected chi connectivity index (χ4v) is 4.74. The first-order chi connectivity index (χ1) is 20.1. The number of methoxy groups -OCH3 is 2. The standard InChI is InChI=1S/C33H28N4O4/c1-40-30-20-24(12-15-27(30)35-34-18-19-38)32(23-9-4-3-5-10-23)25-13-16-28(31(21-25)41-2)36-37-33-26-11-7-6-8-22(26)14-17-29(33)39/h3-17,19-21,32,39H,18H2,1-2H3. The Labute approximate surface area is 237 Å². The van der Waals surface area contributed by atoms with Crippen LogP contribution >= 0.6 is 0 Å². The Morgan fingerprint density at radius 1 is 0.707 bits per heavy atom. The Morgan fingerprint density at radius 2 is 1.34 bits per heavy atom. The number of benzene rings is 5. The zero-order chi connectivity index (χ0) is 28.6. The van der Waals surface area contributed by atoms with Crippen molar-refractivity contribution in [1.29, 1.82) is 0 Å². The molecule has 0 saturated heterocycles. The molecule has 0 fully saturated rings. The Morgan fingerprint density at radius 3 is 2.00 bits per heavy atom. The fourth-order valence-electron chi connectivity index (χ4n) is 4.74. The highest BCUT2D eigenvalue weighted by Crippen LogP contribution is 2.41. The monoisotopic (exact) mass is 544 g/mol. The molecule has 0 saturated carbocycles. The Bertz CT molecular complexity index is 1740. The average Bonchev–Trinajstić information content (AvgIpc) is 3.02. The molecule has 8 nitrogen and oxygen atoms in total. The Kier molecular flexibility index (Phi) is 8.40. The smallest absolute Gasteiger partial charge is 0.146 e. The molecule has 8 heteroatoms. The second-order valence-electron chi connectivity index (χ2n) is 9.15. The molecule has 41 heavy (non-hydrogen) atoms. The number of ether oxygens (including phenoxy) is 2. The summed E-state index contributed by atoms with van der Waals surface area (Å²) in [6.45, 7) is -0.0128. The molecule has 5 aromatic rings. The van der Waals surface area contributed by atoms with E-state index in [9.17, 15) is 9.90 Å². The van der Waals surface area contributed by atoms with Crippen molar-refractivity contribution in [3.05, 3.63) is 120 Å². The van der Waals surface area contributed by atoms with Crippen LogP contribution < -0.4 is 9.47 Å². The van der Waals surface area contributed by atoms with Gasteiger partial charge in [0.1, 0.15) is 47.1 Å². The Balaban J connectivity index is 1.55. The molecule has 0 aromatic heterocycles. The number of rotatable bonds is 10. The van der Waals surface area contributed by atoms with Crippen molar-refractivity contribution in [3.63, 3.8) is 0 Å². The van der Waals surface area contributed by atoms with Crippen LogP contribution in [0.15, 0.2) is 124 Å². The third-order valence-corrected chi connectivity index (χ3v) is 6.68. The van der Waals surface area contributed by atoms with E-state index in [1.54, 1.807) is 20.3 Å². The molecule has 5 rings (SSSR count). The van der Waals surface area contributed by atoms with Crippen LogP contribution in [0.2, 0.25) is 0 Å². The summed E-state index contributed by atoms with van der Waals surface area (Å²) in [6, 6.07) is 32.8. The van der Waals surface area contributed by atoms with Crippen molar-refractivity contribution in [1.82, 2.24) is 0 Å². The molecule has 0 aliphatic rings. The normalized spacial score (nSPS) is 12.1. The topological polar surface area (TPSA) is 105 Å². The molecule has 1 atom stereocenters. The van der Waals surface area contributed by atoms with E-state index in [-0.39, 0.29) is 18.2 Å². The van der Waals surface area contributed by atoms with E-state index in [0.717, 1.165) is 27.5 Å². The van der Waals surface area contributed by atoms with Crippen molar-refractivity contribution < 1.29 is 19.4 Å². The van der Waals surface area contributed by atoms with Gasteiger partial charge >= 0.3 is 0 Å². The predicted molar refractivity (Wildman–Crippen MR) is 159 cm³/mol. The quantitative estimate of drug-likeness (QED) is 0.108. The molecule has 0 aliphatic carbocycles. The summed E-state index contributed by atoms with van der Waals surface area (Å²) >= 11 is 0. The summed E-state index contributed by atoms with van der Waals surface area (Å²) < 4.78 is 11.3. The number of hydrogen-bond donors (Lipinski definition) is 1. The third kappa shape index (κ3) is 5.96. The highest BCUT2D eigenvalue weighted by atomic mass is 16.5. The van der Waals surface area contributed by atoms with Gasteiger partial charge in [-0.1, -0.05) is 72.8 Å². The Hall–Kier alpha value is -5.37. The second kappa shape index (κ2) is 12.7. The van der Waals surface area contributed by atoms with Crippen LogP contribution in [0.5, 0.6) is 17.2 Å². The lowest BCUT2D eigenvalue weighted by Crippen LogP contribution is -2.04. The molecule has 1 N–H and O–H groups in total. The lowest BCUT2D eigenvalue weighted by Gasteiger charge is -2.21. The molecule has 0 bridgehead atoms. The maximum Gasteiger partial charge on any atom is 0.146 e. The fraction of sp³-hybridized carbons (Fsp3) is 0.121. The van der Waals surface area contributed by atoms with Crippen LogP contribution in [0, 0.1) is 0 Å². The number of carbonyl (C=O) groups excluding carboxylic acids is 1. The van der Waals surface area contributed by atoms with Gasteiger partial charge in [-0.3, -0.25) is 0 Å². The van der Waals surface area contributed by atoms with Gasteiger partial charge in [0.2, 0.25) is 0 Å². The van der Waals surface area contributed by atoms with E-state index in [0.29, 0.717) is 34.8 Å². The van der Waals surface area contributed by atoms with E-state index in [4.69, 9.17) is 9.47 Å². The lowest BCUT2D eigenvalue weighted by molar-refractivity contribution is -0.106. The minimum atomic E-state index is -0.159. The predicted octanol–water partition coefficient (Wildman–Crippen LogP) is 8.44. The van der Waals surface area contributed by atoms with Crippen molar-refractivity contribution in [2.24, 2.45) is 20.5 Å². The number of phenols is 1. The second-order valence-corrected chi connectivity index (χ2v) is 9.15. The first-order valence-corrected chi connectivity index (χ1v) is 13.0. The van der Waals surface area contributed by atoms with Crippen molar-refractivity contribution in [2.45, 2.75) is 5.92 Å². The summed E-state index contributed by atoms with van der Waals surface area (Å²) in [7, 11) is 3.17. The number of azo groups is 2. The molecule has 0 heterocycles. The maximum atomic E-state index is 10.6. The van der Waals surface area contributed by atoms with Crippen LogP contribution in [0.1, 0.15) is 22.6 Å². The van der Waals surface area contributed by atoms with Crippen LogP contribution in [0.25, 0.3) is 10.8 Å². The minimum Gasteiger partial charge on any atom is -0.506 e. The van der Waals surface area contributed by atoms with Crippen LogP contribution in [-0.4, -0.2) is 32.2 Å². The van der Waals surface area contributed by atoms with Crippen LogP contribution in [0.4, 0.5) is 17.1 Å². The molecule has 204 valence electrons. The number of phenolic OH excluding ortho intramolecular Hbond substituents is 1. The van der Waals surface area contributed by atoms with E-state index in [1.807, 2.05) is 84.9 Å². The summed E-state index contributed by atoms with van der Waals surface area (Å²) in [5.74, 6) is 0.979. The van der Waals surface area contributed by atoms with Gasteiger partial charge in [0.05, 0.1) is 14.2 Å². The van der Waals surface area contributed by atoms with Gasteiger partial charge in [-0.05, 0) is 52.4 Å². The lowest BCUT2D eigenvalue weighted by atomic mass is 9.84. The molecular formula is C33H28N4O4. The number of fused-ring (bicyclic) bond motifs is 1. The first-order valence-electron chi connectivity index (χ1n) is 13.0. The molecule has 0 amide bonds. The summed E-state index contributed by atoms with van der Waals surface area (Å²) in [5, 5.41) is 29.1. The summed E-state index contributed by atoms with van der Waals surface area (Å²) in [5.41, 5.74) is 4.47. The highest BCUT2D eigenvalue weighted by Gasteiger charge is 2.20. The van der Waals surface area contributed by atoms with Crippen molar-refractivity contribution >= 4 is 34.1 Å². The van der Waals surface area contributed by atoms with Gasteiger partial charge in [0.15, 0.2) is 0 Å². The molecule has 1 unspecified atom stereocenters. The number of aldehydes is 1. The molecule has 0 spiro atoms. The van der Waals surface area contributed by atoms with E-state index in [2.05, 4.69) is 32.6 Å².